The van der Waals surface area contributed by atoms with Crippen LogP contribution in [0, 0.1) is 11.3 Å². The monoisotopic (exact) mass is 659 g/mol. The van der Waals surface area contributed by atoms with Crippen LogP contribution in [-0.4, -0.2) is 59.4 Å². The standard InChI is InChI=1S/C37H39Cl2N3O2S/c1-4-30-29(23-40)21-27-9-5-6-11-32(27)36(30)37(43)41(2)24-28(26-13-14-33(38)34(39)22-26)17-20-42-18-15-25(16-19-42)31-10-7-8-12-35(31)45(3)44/h5-14,21-22,25,28H,4,15-20,24H2,1-3H3/t28-,45-/m1/s1. The number of hydrogen-bond acceptors (Lipinski definition) is 4. The third-order valence-corrected chi connectivity index (χ3v) is 10.9. The second-order valence-corrected chi connectivity index (χ2v) is 14.1. The number of hydrogen-bond donors (Lipinski definition) is 0. The minimum absolute atomic E-state index is 0.0326. The average molecular weight is 661 g/mol. The second-order valence-electron chi connectivity index (χ2n) is 11.9. The van der Waals surface area contributed by atoms with Gasteiger partial charge in [-0.3, -0.25) is 9.00 Å². The van der Waals surface area contributed by atoms with Gasteiger partial charge in [-0.05, 0) is 103 Å². The van der Waals surface area contributed by atoms with E-state index in [4.69, 9.17) is 23.2 Å². The van der Waals surface area contributed by atoms with Gasteiger partial charge in [-0.15, -0.1) is 0 Å². The van der Waals surface area contributed by atoms with Gasteiger partial charge in [0.05, 0.1) is 38.0 Å². The summed E-state index contributed by atoms with van der Waals surface area (Å²) in [6.45, 7) is 5.30. The van der Waals surface area contributed by atoms with Crippen LogP contribution < -0.4 is 0 Å². The fraction of sp³-hybridized carbons (Fsp3) is 0.351. The first-order chi connectivity index (χ1) is 21.7. The summed E-state index contributed by atoms with van der Waals surface area (Å²) in [5, 5.41) is 12.7. The van der Waals surface area contributed by atoms with Crippen LogP contribution in [0.1, 0.15) is 70.6 Å². The Morgan fingerprint density at radius 2 is 1.76 bits per heavy atom. The molecule has 234 valence electrons. The van der Waals surface area contributed by atoms with E-state index in [0.717, 1.165) is 65.7 Å². The van der Waals surface area contributed by atoms with E-state index in [2.05, 4.69) is 17.0 Å². The average Bonchev–Trinajstić information content (AvgIpc) is 3.06. The predicted molar refractivity (Wildman–Crippen MR) is 186 cm³/mol. The molecule has 1 amide bonds. The number of piperidine rings is 1. The molecular formula is C37H39Cl2N3O2S. The minimum Gasteiger partial charge on any atom is -0.341 e. The van der Waals surface area contributed by atoms with Crippen molar-refractivity contribution in [3.05, 3.63) is 111 Å². The fourth-order valence-corrected chi connectivity index (χ4v) is 7.86. The first-order valence-corrected chi connectivity index (χ1v) is 17.8. The van der Waals surface area contributed by atoms with Gasteiger partial charge in [-0.2, -0.15) is 5.26 Å². The molecule has 45 heavy (non-hydrogen) atoms. The van der Waals surface area contributed by atoms with Crippen LogP contribution in [0.2, 0.25) is 10.0 Å². The number of carbonyl (C=O) groups is 1. The number of amides is 1. The lowest BCUT2D eigenvalue weighted by atomic mass is 9.88. The molecule has 0 N–H and O–H groups in total. The Bertz CT molecular complexity index is 1760. The molecule has 0 bridgehead atoms. The highest BCUT2D eigenvalue weighted by atomic mass is 35.5. The van der Waals surface area contributed by atoms with Crippen molar-refractivity contribution in [1.82, 2.24) is 9.80 Å². The van der Waals surface area contributed by atoms with Crippen LogP contribution in [0.15, 0.2) is 77.7 Å². The number of halogens is 2. The van der Waals surface area contributed by atoms with E-state index in [1.807, 2.05) is 80.7 Å². The topological polar surface area (TPSA) is 64.4 Å². The minimum atomic E-state index is -1.00. The van der Waals surface area contributed by atoms with Gasteiger partial charge in [0.25, 0.3) is 5.91 Å². The molecule has 4 aromatic rings. The summed E-state index contributed by atoms with van der Waals surface area (Å²) in [6.07, 6.45) is 5.23. The lowest BCUT2D eigenvalue weighted by Crippen LogP contribution is -2.36. The van der Waals surface area contributed by atoms with E-state index in [9.17, 15) is 14.3 Å². The van der Waals surface area contributed by atoms with Crippen LogP contribution in [0.25, 0.3) is 10.8 Å². The number of nitrogens with zero attached hydrogens (tertiary/aromatic N) is 3. The number of benzene rings is 4. The Morgan fingerprint density at radius 3 is 2.44 bits per heavy atom. The Morgan fingerprint density at radius 1 is 1.04 bits per heavy atom. The molecular weight excluding hydrogens is 621 g/mol. The van der Waals surface area contributed by atoms with Gasteiger partial charge >= 0.3 is 0 Å². The highest BCUT2D eigenvalue weighted by Gasteiger charge is 2.27. The van der Waals surface area contributed by atoms with E-state index in [-0.39, 0.29) is 11.8 Å². The summed E-state index contributed by atoms with van der Waals surface area (Å²) in [5.74, 6) is 0.353. The Balaban J connectivity index is 1.35. The summed E-state index contributed by atoms with van der Waals surface area (Å²) in [6, 6.07) is 25.9. The zero-order valence-corrected chi connectivity index (χ0v) is 28.4. The molecule has 1 saturated heterocycles. The molecule has 0 saturated carbocycles. The van der Waals surface area contributed by atoms with Crippen molar-refractivity contribution in [2.24, 2.45) is 0 Å². The summed E-state index contributed by atoms with van der Waals surface area (Å²) in [7, 11) is 0.845. The quantitative estimate of drug-likeness (QED) is 0.171. The highest BCUT2D eigenvalue weighted by molar-refractivity contribution is 7.84. The van der Waals surface area contributed by atoms with Crippen molar-refractivity contribution in [2.75, 3.05) is 39.5 Å². The molecule has 0 aromatic heterocycles. The van der Waals surface area contributed by atoms with Crippen LogP contribution >= 0.6 is 23.2 Å². The first-order valence-electron chi connectivity index (χ1n) is 15.5. The van der Waals surface area contributed by atoms with Crippen molar-refractivity contribution < 1.29 is 9.00 Å². The molecule has 0 unspecified atom stereocenters. The van der Waals surface area contributed by atoms with Gasteiger partial charge in [0.1, 0.15) is 0 Å². The molecule has 1 heterocycles. The van der Waals surface area contributed by atoms with Gasteiger partial charge in [0, 0.05) is 30.7 Å². The Hall–Kier alpha value is -3.21. The van der Waals surface area contributed by atoms with Gasteiger partial charge < -0.3 is 9.80 Å². The van der Waals surface area contributed by atoms with E-state index in [1.54, 1.807) is 11.2 Å². The zero-order chi connectivity index (χ0) is 32.1. The van der Waals surface area contributed by atoms with Crippen molar-refractivity contribution in [3.8, 4) is 6.07 Å². The number of carbonyl (C=O) groups excluding carboxylic acids is 1. The molecule has 4 aromatic carbocycles. The third kappa shape index (κ3) is 7.45. The van der Waals surface area contributed by atoms with Crippen molar-refractivity contribution in [2.45, 2.75) is 49.3 Å². The van der Waals surface area contributed by atoms with E-state index < -0.39 is 10.8 Å². The van der Waals surface area contributed by atoms with E-state index in [1.165, 1.54) is 5.56 Å². The SMILES string of the molecule is CCc1c(C#N)cc2ccccc2c1C(=O)N(C)C[C@@H](CCN1CCC(c2ccccc2[S@@](C)=O)CC1)c1ccc(Cl)c(Cl)c1. The van der Waals surface area contributed by atoms with Gasteiger partial charge in [-0.25, -0.2) is 0 Å². The maximum absolute atomic E-state index is 14.2. The summed E-state index contributed by atoms with van der Waals surface area (Å²) in [5.41, 5.74) is 4.20. The summed E-state index contributed by atoms with van der Waals surface area (Å²) < 4.78 is 12.3. The third-order valence-electron chi connectivity index (χ3n) is 9.15. The first kappa shape index (κ1) is 33.2. The molecule has 2 atom stereocenters. The molecule has 1 aliphatic heterocycles. The Kier molecular flexibility index (Phi) is 11.0. The molecule has 0 aliphatic carbocycles. The highest BCUT2D eigenvalue weighted by Crippen LogP contribution is 2.34. The lowest BCUT2D eigenvalue weighted by molar-refractivity contribution is 0.0782. The van der Waals surface area contributed by atoms with Gasteiger partial charge in [0.2, 0.25) is 0 Å². The van der Waals surface area contributed by atoms with Crippen LogP contribution in [0.3, 0.4) is 0 Å². The van der Waals surface area contributed by atoms with Gasteiger partial charge in [0.15, 0.2) is 0 Å². The molecule has 0 radical (unpaired) electrons. The fourth-order valence-electron chi connectivity index (χ4n) is 6.72. The largest absolute Gasteiger partial charge is 0.341 e. The molecule has 5 nitrogen and oxygen atoms in total. The van der Waals surface area contributed by atoms with Crippen LogP contribution in [0.4, 0.5) is 0 Å². The summed E-state index contributed by atoms with van der Waals surface area (Å²) in [4.78, 5) is 19.4. The predicted octanol–water partition coefficient (Wildman–Crippen LogP) is 8.44. The van der Waals surface area contributed by atoms with E-state index >= 15 is 0 Å². The normalized spacial score (nSPS) is 15.5. The van der Waals surface area contributed by atoms with Gasteiger partial charge in [-0.1, -0.05) is 78.7 Å². The van der Waals surface area contributed by atoms with Crippen molar-refractivity contribution >= 4 is 50.7 Å². The van der Waals surface area contributed by atoms with Crippen LogP contribution in [0.5, 0.6) is 0 Å². The zero-order valence-electron chi connectivity index (χ0n) is 26.1. The van der Waals surface area contributed by atoms with Crippen molar-refractivity contribution in [1.29, 1.82) is 5.26 Å². The lowest BCUT2D eigenvalue weighted by Gasteiger charge is -2.34. The maximum Gasteiger partial charge on any atom is 0.254 e. The van der Waals surface area contributed by atoms with E-state index in [0.29, 0.717) is 40.1 Å². The van der Waals surface area contributed by atoms with Crippen LogP contribution in [-0.2, 0) is 17.2 Å². The second kappa shape index (κ2) is 14.9. The molecule has 0 spiro atoms. The molecule has 1 aliphatic rings. The number of rotatable bonds is 10. The molecule has 5 rings (SSSR count). The Labute approximate surface area is 279 Å². The number of fused-ring (bicyclic) bond motifs is 1. The molecule has 1 fully saturated rings. The number of likely N-dealkylation sites (N-methyl/N-ethyl adjacent to an activating group) is 1. The summed E-state index contributed by atoms with van der Waals surface area (Å²) >= 11 is 12.8. The molecule has 8 heteroatoms. The maximum atomic E-state index is 14.2. The number of nitriles is 1. The van der Waals surface area contributed by atoms with Crippen molar-refractivity contribution in [3.63, 3.8) is 0 Å². The smallest absolute Gasteiger partial charge is 0.254 e. The number of likely N-dealkylation sites (tertiary alicyclic amines) is 1.